The van der Waals surface area contributed by atoms with E-state index in [0.717, 1.165) is 53.9 Å². The van der Waals surface area contributed by atoms with Crippen LogP contribution in [-0.4, -0.2) is 48.2 Å². The molecular formula is C24H25N5O2. The van der Waals surface area contributed by atoms with Crippen molar-refractivity contribution in [2.24, 2.45) is 0 Å². The Kier molecular flexibility index (Phi) is 5.28. The molecule has 0 amide bonds. The number of rotatable bonds is 5. The minimum absolute atomic E-state index is 0.168. The maximum Gasteiger partial charge on any atom is 0.259 e. The average Bonchev–Trinajstić information content (AvgIpc) is 3.23. The number of piperazine rings is 1. The van der Waals surface area contributed by atoms with E-state index in [9.17, 15) is 4.79 Å². The molecule has 7 nitrogen and oxygen atoms in total. The molecule has 5 rings (SSSR count). The monoisotopic (exact) mass is 415 g/mol. The first-order valence-corrected chi connectivity index (χ1v) is 10.5. The SMILES string of the molecule is COCc1cccc(-c2c[nH]c(=O)c(-c3nc4ccc(N5CCNCC5)cc4[nH]3)c2)c1. The van der Waals surface area contributed by atoms with Crippen molar-refractivity contribution >= 4 is 16.7 Å². The van der Waals surface area contributed by atoms with Gasteiger partial charge in [-0.3, -0.25) is 4.79 Å². The van der Waals surface area contributed by atoms with Gasteiger partial charge < -0.3 is 24.9 Å². The highest BCUT2D eigenvalue weighted by atomic mass is 16.5. The number of benzene rings is 2. The Morgan fingerprint density at radius 2 is 1.94 bits per heavy atom. The Labute approximate surface area is 180 Å². The number of pyridine rings is 1. The van der Waals surface area contributed by atoms with Crippen molar-refractivity contribution < 1.29 is 4.74 Å². The van der Waals surface area contributed by atoms with Crippen molar-refractivity contribution in [2.75, 3.05) is 38.2 Å². The standard InChI is InChI=1S/C24H25N5O2/c1-31-15-16-3-2-4-17(11-16)18-12-20(24(30)26-14-18)23-27-21-6-5-19(13-22(21)28-23)29-9-7-25-8-10-29/h2-6,11-14,25H,7-10,15H2,1H3,(H,26,30)(H,27,28). The number of aromatic nitrogens is 3. The Morgan fingerprint density at radius 3 is 2.77 bits per heavy atom. The Bertz CT molecular complexity index is 1270. The van der Waals surface area contributed by atoms with Crippen molar-refractivity contribution in [3.8, 4) is 22.5 Å². The van der Waals surface area contributed by atoms with E-state index in [1.54, 1.807) is 13.3 Å². The van der Waals surface area contributed by atoms with Crippen LogP contribution in [0.3, 0.4) is 0 Å². The molecule has 3 heterocycles. The van der Waals surface area contributed by atoms with Crippen LogP contribution in [0.1, 0.15) is 5.56 Å². The molecule has 4 aromatic rings. The molecule has 1 aliphatic rings. The maximum absolute atomic E-state index is 12.6. The third-order valence-corrected chi connectivity index (χ3v) is 5.68. The number of fused-ring (bicyclic) bond motifs is 1. The third-order valence-electron chi connectivity index (χ3n) is 5.68. The average molecular weight is 415 g/mol. The molecule has 158 valence electrons. The minimum Gasteiger partial charge on any atom is -0.380 e. The zero-order valence-electron chi connectivity index (χ0n) is 17.4. The van der Waals surface area contributed by atoms with Gasteiger partial charge in [0, 0.05) is 45.2 Å². The highest BCUT2D eigenvalue weighted by Crippen LogP contribution is 2.26. The Morgan fingerprint density at radius 1 is 1.06 bits per heavy atom. The first kappa shape index (κ1) is 19.5. The smallest absolute Gasteiger partial charge is 0.259 e. The summed E-state index contributed by atoms with van der Waals surface area (Å²) in [5.74, 6) is 0.573. The molecule has 31 heavy (non-hydrogen) atoms. The second kappa shape index (κ2) is 8.37. The van der Waals surface area contributed by atoms with E-state index in [0.29, 0.717) is 18.0 Å². The van der Waals surface area contributed by atoms with Crippen molar-refractivity contribution in [2.45, 2.75) is 6.61 Å². The number of ether oxygens (including phenoxy) is 1. The molecule has 0 spiro atoms. The second-order valence-corrected chi connectivity index (χ2v) is 7.79. The molecule has 0 atom stereocenters. The number of hydrogen-bond acceptors (Lipinski definition) is 5. The lowest BCUT2D eigenvalue weighted by molar-refractivity contribution is 0.185. The van der Waals surface area contributed by atoms with Gasteiger partial charge in [-0.1, -0.05) is 18.2 Å². The lowest BCUT2D eigenvalue weighted by atomic mass is 10.0. The van der Waals surface area contributed by atoms with Crippen LogP contribution >= 0.6 is 0 Å². The topological polar surface area (TPSA) is 86.0 Å². The molecule has 1 saturated heterocycles. The van der Waals surface area contributed by atoms with Gasteiger partial charge in [0.25, 0.3) is 5.56 Å². The van der Waals surface area contributed by atoms with Crippen LogP contribution in [-0.2, 0) is 11.3 Å². The van der Waals surface area contributed by atoms with Gasteiger partial charge in [-0.2, -0.15) is 0 Å². The number of nitrogens with zero attached hydrogens (tertiary/aromatic N) is 2. The summed E-state index contributed by atoms with van der Waals surface area (Å²) >= 11 is 0. The number of nitrogens with one attached hydrogen (secondary N) is 3. The number of hydrogen-bond donors (Lipinski definition) is 3. The van der Waals surface area contributed by atoms with Crippen LogP contribution < -0.4 is 15.8 Å². The second-order valence-electron chi connectivity index (χ2n) is 7.79. The number of aromatic amines is 2. The molecule has 2 aromatic carbocycles. The molecule has 7 heteroatoms. The first-order chi connectivity index (χ1) is 15.2. The van der Waals surface area contributed by atoms with Crippen molar-refractivity contribution in [1.82, 2.24) is 20.3 Å². The zero-order valence-corrected chi connectivity index (χ0v) is 17.4. The fourth-order valence-corrected chi connectivity index (χ4v) is 4.08. The molecular weight excluding hydrogens is 390 g/mol. The normalized spacial score (nSPS) is 14.3. The molecule has 2 aromatic heterocycles. The van der Waals surface area contributed by atoms with Crippen LogP contribution in [0, 0.1) is 0 Å². The summed E-state index contributed by atoms with van der Waals surface area (Å²) in [5, 5.41) is 3.38. The molecule has 1 fully saturated rings. The van der Waals surface area contributed by atoms with Gasteiger partial charge in [0.1, 0.15) is 5.82 Å². The van der Waals surface area contributed by atoms with Crippen LogP contribution in [0.5, 0.6) is 0 Å². The summed E-state index contributed by atoms with van der Waals surface area (Å²) in [6.45, 7) is 4.48. The van der Waals surface area contributed by atoms with Gasteiger partial charge in [-0.15, -0.1) is 0 Å². The predicted molar refractivity (Wildman–Crippen MR) is 123 cm³/mol. The summed E-state index contributed by atoms with van der Waals surface area (Å²) < 4.78 is 5.24. The van der Waals surface area contributed by atoms with Gasteiger partial charge in [0.15, 0.2) is 0 Å². The summed E-state index contributed by atoms with van der Waals surface area (Å²) in [6, 6.07) is 16.2. The summed E-state index contributed by atoms with van der Waals surface area (Å²) in [7, 11) is 1.68. The lowest BCUT2D eigenvalue weighted by Crippen LogP contribution is -2.43. The zero-order chi connectivity index (χ0) is 21.2. The van der Waals surface area contributed by atoms with E-state index in [2.05, 4.69) is 43.4 Å². The summed E-state index contributed by atoms with van der Waals surface area (Å²) in [6.07, 6.45) is 1.74. The number of H-pyrrole nitrogens is 2. The number of imidazole rings is 1. The molecule has 0 bridgehead atoms. The molecule has 0 aliphatic carbocycles. The number of methoxy groups -OCH3 is 1. The molecule has 0 unspecified atom stereocenters. The quantitative estimate of drug-likeness (QED) is 0.466. The largest absolute Gasteiger partial charge is 0.380 e. The summed E-state index contributed by atoms with van der Waals surface area (Å²) in [5.41, 5.74) is 6.32. The molecule has 3 N–H and O–H groups in total. The maximum atomic E-state index is 12.6. The van der Waals surface area contributed by atoms with Gasteiger partial charge >= 0.3 is 0 Å². The van der Waals surface area contributed by atoms with E-state index in [1.165, 1.54) is 5.69 Å². The number of anilines is 1. The lowest BCUT2D eigenvalue weighted by Gasteiger charge is -2.29. The van der Waals surface area contributed by atoms with E-state index in [1.807, 2.05) is 30.3 Å². The highest BCUT2D eigenvalue weighted by molar-refractivity contribution is 5.83. The Hall–Kier alpha value is -3.42. The summed E-state index contributed by atoms with van der Waals surface area (Å²) in [4.78, 5) is 25.9. The van der Waals surface area contributed by atoms with Gasteiger partial charge in [-0.05, 0) is 47.0 Å². The molecule has 0 saturated carbocycles. The Balaban J connectivity index is 1.51. The van der Waals surface area contributed by atoms with Crippen molar-refractivity contribution in [3.05, 3.63) is 70.6 Å². The first-order valence-electron chi connectivity index (χ1n) is 10.5. The van der Waals surface area contributed by atoms with E-state index < -0.39 is 0 Å². The fourth-order valence-electron chi connectivity index (χ4n) is 4.08. The van der Waals surface area contributed by atoms with Gasteiger partial charge in [0.2, 0.25) is 0 Å². The molecule has 0 radical (unpaired) electrons. The van der Waals surface area contributed by atoms with Crippen LogP contribution in [0.15, 0.2) is 59.5 Å². The van der Waals surface area contributed by atoms with Gasteiger partial charge in [-0.25, -0.2) is 4.98 Å². The van der Waals surface area contributed by atoms with Crippen molar-refractivity contribution in [1.29, 1.82) is 0 Å². The van der Waals surface area contributed by atoms with Crippen LogP contribution in [0.2, 0.25) is 0 Å². The van der Waals surface area contributed by atoms with E-state index in [-0.39, 0.29) is 5.56 Å². The van der Waals surface area contributed by atoms with E-state index in [4.69, 9.17) is 4.74 Å². The minimum atomic E-state index is -0.168. The molecule has 1 aliphatic heterocycles. The van der Waals surface area contributed by atoms with Crippen LogP contribution in [0.4, 0.5) is 5.69 Å². The predicted octanol–water partition coefficient (Wildman–Crippen LogP) is 3.14. The third kappa shape index (κ3) is 3.97. The van der Waals surface area contributed by atoms with Gasteiger partial charge in [0.05, 0.1) is 23.2 Å². The van der Waals surface area contributed by atoms with Crippen LogP contribution in [0.25, 0.3) is 33.5 Å². The highest BCUT2D eigenvalue weighted by Gasteiger charge is 2.14. The fraction of sp³-hybridized carbons (Fsp3) is 0.250. The van der Waals surface area contributed by atoms with E-state index >= 15 is 0 Å². The van der Waals surface area contributed by atoms with Crippen molar-refractivity contribution in [3.63, 3.8) is 0 Å².